The number of rotatable bonds is 7. The Balaban J connectivity index is 1.38. The molecule has 0 saturated heterocycles. The molecule has 1 spiro atoms. The van der Waals surface area contributed by atoms with E-state index in [9.17, 15) is 14.9 Å². The van der Waals surface area contributed by atoms with Gasteiger partial charge in [-0.1, -0.05) is 6.07 Å². The Morgan fingerprint density at radius 1 is 1.29 bits per heavy atom. The molecule has 8 heteroatoms. The maximum absolute atomic E-state index is 13.4. The van der Waals surface area contributed by atoms with Gasteiger partial charge in [0.05, 0.1) is 18.2 Å². The van der Waals surface area contributed by atoms with Crippen molar-refractivity contribution in [2.45, 2.75) is 37.5 Å². The second-order valence-corrected chi connectivity index (χ2v) is 9.67. The molecule has 1 amide bonds. The number of nitriles is 1. The number of carbonyl (C=O) groups excluding carboxylic acids is 1. The van der Waals surface area contributed by atoms with Gasteiger partial charge >= 0.3 is 5.97 Å². The number of nitrogens with one attached hydrogen (secondary N) is 1. The lowest BCUT2D eigenvalue weighted by Crippen LogP contribution is -2.27. The largest absolute Gasteiger partial charge is 0.493 e. The fourth-order valence-electron chi connectivity index (χ4n) is 4.87. The lowest BCUT2D eigenvalue weighted by Gasteiger charge is -2.27. The van der Waals surface area contributed by atoms with Gasteiger partial charge in [0, 0.05) is 46.1 Å². The number of aryl methyl sites for hydroxylation is 1. The van der Waals surface area contributed by atoms with Crippen LogP contribution in [0.3, 0.4) is 0 Å². The van der Waals surface area contributed by atoms with Gasteiger partial charge in [-0.25, -0.2) is 4.98 Å². The summed E-state index contributed by atoms with van der Waals surface area (Å²) in [5, 5.41) is 24.2. The average Bonchev–Trinajstić information content (AvgIpc) is 3.28. The second kappa shape index (κ2) is 8.92. The molecular weight excluding hydrogens is 450 g/mol. The molecule has 2 heterocycles. The first-order valence-electron chi connectivity index (χ1n) is 11.2. The Kier molecular flexibility index (Phi) is 5.80. The fraction of sp³-hybridized carbons (Fsp3) is 0.308. The van der Waals surface area contributed by atoms with Crippen LogP contribution in [-0.2, 0) is 21.4 Å². The predicted octanol–water partition coefficient (Wildman–Crippen LogP) is 4.77. The van der Waals surface area contributed by atoms with Crippen LogP contribution in [0.15, 0.2) is 48.0 Å². The highest BCUT2D eigenvalue weighted by atomic mass is 32.1. The first kappa shape index (κ1) is 22.1. The first-order chi connectivity index (χ1) is 16.5. The van der Waals surface area contributed by atoms with Crippen LogP contribution in [0.4, 0.5) is 5.69 Å². The standard InChI is InChI=1S/C26H23N3O4S/c27-15-16-4-5-17(2-1-3-23(30)31)21(12-16)29-24(32)20-14-26(20)8-10-33-22-7-6-18(13-19(22)26)25-28-9-11-34-25/h4-7,9,11-13,20H,1-3,8,10,14H2,(H,29,32)(H,30,31). The number of aliphatic carboxylic acids is 1. The van der Waals surface area contributed by atoms with E-state index < -0.39 is 5.97 Å². The molecule has 2 aromatic carbocycles. The van der Waals surface area contributed by atoms with E-state index in [4.69, 9.17) is 9.84 Å². The van der Waals surface area contributed by atoms with Crippen molar-refractivity contribution in [3.63, 3.8) is 0 Å². The third kappa shape index (κ3) is 4.15. The number of hydrogen-bond acceptors (Lipinski definition) is 6. The normalized spacial score (nSPS) is 20.1. The van der Waals surface area contributed by atoms with Crippen LogP contribution in [0.5, 0.6) is 5.75 Å². The van der Waals surface area contributed by atoms with Gasteiger partial charge in [-0.15, -0.1) is 11.3 Å². The van der Waals surface area contributed by atoms with Crippen LogP contribution in [0, 0.1) is 17.2 Å². The summed E-state index contributed by atoms with van der Waals surface area (Å²) in [5.74, 6) is -0.307. The summed E-state index contributed by atoms with van der Waals surface area (Å²) in [5.41, 5.74) is 3.68. The van der Waals surface area contributed by atoms with Gasteiger partial charge in [0.15, 0.2) is 0 Å². The summed E-state index contributed by atoms with van der Waals surface area (Å²) in [6, 6.07) is 13.3. The molecule has 3 aromatic rings. The van der Waals surface area contributed by atoms with Gasteiger partial charge < -0.3 is 15.2 Å². The third-order valence-corrected chi connectivity index (χ3v) is 7.55. The Hall–Kier alpha value is -3.70. The summed E-state index contributed by atoms with van der Waals surface area (Å²) in [4.78, 5) is 28.7. The number of anilines is 1. The van der Waals surface area contributed by atoms with Crippen LogP contribution in [-0.4, -0.2) is 28.6 Å². The maximum Gasteiger partial charge on any atom is 0.303 e. The van der Waals surface area contributed by atoms with Crippen LogP contribution < -0.4 is 10.1 Å². The molecule has 1 aliphatic heterocycles. The number of fused-ring (bicyclic) bond motifs is 2. The van der Waals surface area contributed by atoms with Crippen LogP contribution in [0.2, 0.25) is 0 Å². The van der Waals surface area contributed by atoms with Crippen molar-refractivity contribution in [3.8, 4) is 22.4 Å². The van der Waals surface area contributed by atoms with Crippen LogP contribution in [0.1, 0.15) is 42.4 Å². The quantitative estimate of drug-likeness (QED) is 0.511. The van der Waals surface area contributed by atoms with Crippen molar-refractivity contribution in [1.29, 1.82) is 5.26 Å². The third-order valence-electron chi connectivity index (χ3n) is 6.73. The van der Waals surface area contributed by atoms with Gasteiger partial charge in [-0.3, -0.25) is 9.59 Å². The number of aromatic nitrogens is 1. The Bertz CT molecular complexity index is 1300. The molecule has 1 aliphatic carbocycles. The molecule has 2 aliphatic rings. The van der Waals surface area contributed by atoms with E-state index in [2.05, 4.69) is 22.4 Å². The van der Waals surface area contributed by atoms with E-state index in [0.29, 0.717) is 30.7 Å². The number of carboxylic acids is 1. The number of nitrogens with zero attached hydrogens (tertiary/aromatic N) is 2. The molecule has 2 atom stereocenters. The van der Waals surface area contributed by atoms with Crippen molar-refractivity contribution in [1.82, 2.24) is 4.98 Å². The van der Waals surface area contributed by atoms with Gasteiger partial charge in [-0.05, 0) is 61.6 Å². The van der Waals surface area contributed by atoms with Crippen molar-refractivity contribution in [2.24, 2.45) is 5.92 Å². The van der Waals surface area contributed by atoms with Gasteiger partial charge in [0.2, 0.25) is 5.91 Å². The zero-order valence-electron chi connectivity index (χ0n) is 18.4. The molecule has 0 bridgehead atoms. The molecule has 1 fully saturated rings. The van der Waals surface area contributed by atoms with Crippen LogP contribution >= 0.6 is 11.3 Å². The SMILES string of the molecule is N#Cc1ccc(CCCC(=O)O)c(NC(=O)C2CC23CCOc2ccc(-c4nccs4)cc23)c1. The summed E-state index contributed by atoms with van der Waals surface area (Å²) >= 11 is 1.58. The van der Waals surface area contributed by atoms with Crippen molar-refractivity contribution in [3.05, 3.63) is 64.7 Å². The molecule has 2 unspecified atom stereocenters. The number of carboxylic acid groups (broad SMARTS) is 1. The van der Waals surface area contributed by atoms with E-state index in [-0.39, 0.29) is 23.7 Å². The number of carbonyl (C=O) groups is 2. The summed E-state index contributed by atoms with van der Waals surface area (Å²) in [6.07, 6.45) is 4.31. The number of ether oxygens (including phenoxy) is 1. The average molecular weight is 474 g/mol. The molecule has 2 N–H and O–H groups in total. The minimum Gasteiger partial charge on any atom is -0.493 e. The highest BCUT2D eigenvalue weighted by Gasteiger charge is 2.61. The van der Waals surface area contributed by atoms with E-state index in [1.54, 1.807) is 35.7 Å². The molecule has 1 saturated carbocycles. The van der Waals surface area contributed by atoms with Crippen molar-refractivity contribution < 1.29 is 19.4 Å². The zero-order chi connectivity index (χ0) is 23.7. The van der Waals surface area contributed by atoms with Crippen molar-refractivity contribution in [2.75, 3.05) is 11.9 Å². The van der Waals surface area contributed by atoms with Gasteiger partial charge in [0.25, 0.3) is 0 Å². The van der Waals surface area contributed by atoms with Crippen molar-refractivity contribution >= 4 is 28.9 Å². The maximum atomic E-state index is 13.4. The smallest absolute Gasteiger partial charge is 0.303 e. The van der Waals surface area contributed by atoms with E-state index in [1.807, 2.05) is 17.5 Å². The first-order valence-corrected chi connectivity index (χ1v) is 12.1. The number of benzene rings is 2. The van der Waals surface area contributed by atoms with Gasteiger partial charge in [0.1, 0.15) is 10.8 Å². The minimum atomic E-state index is -0.852. The fourth-order valence-corrected chi connectivity index (χ4v) is 5.51. The monoisotopic (exact) mass is 473 g/mol. The molecule has 34 heavy (non-hydrogen) atoms. The Morgan fingerprint density at radius 2 is 2.18 bits per heavy atom. The molecule has 5 rings (SSSR count). The molecule has 7 nitrogen and oxygen atoms in total. The lowest BCUT2D eigenvalue weighted by molar-refractivity contribution is -0.137. The molecule has 1 aromatic heterocycles. The summed E-state index contributed by atoms with van der Waals surface area (Å²) in [6.45, 7) is 0.567. The van der Waals surface area contributed by atoms with E-state index in [0.717, 1.165) is 40.3 Å². The number of hydrogen-bond donors (Lipinski definition) is 2. The highest BCUT2D eigenvalue weighted by Crippen LogP contribution is 2.61. The topological polar surface area (TPSA) is 112 Å². The molecular formula is C26H23N3O4S. The van der Waals surface area contributed by atoms with E-state index >= 15 is 0 Å². The van der Waals surface area contributed by atoms with Gasteiger partial charge in [-0.2, -0.15) is 5.26 Å². The Labute approximate surface area is 201 Å². The zero-order valence-corrected chi connectivity index (χ0v) is 19.2. The Morgan fingerprint density at radius 3 is 2.94 bits per heavy atom. The molecule has 0 radical (unpaired) electrons. The second-order valence-electron chi connectivity index (χ2n) is 8.78. The minimum absolute atomic E-state index is 0.0529. The number of amides is 1. The predicted molar refractivity (Wildman–Crippen MR) is 128 cm³/mol. The number of thiazole rings is 1. The summed E-state index contributed by atoms with van der Waals surface area (Å²) < 4.78 is 5.90. The van der Waals surface area contributed by atoms with E-state index in [1.165, 1.54) is 0 Å². The summed E-state index contributed by atoms with van der Waals surface area (Å²) in [7, 11) is 0. The highest BCUT2D eigenvalue weighted by molar-refractivity contribution is 7.13. The van der Waals surface area contributed by atoms with Crippen LogP contribution in [0.25, 0.3) is 10.6 Å². The molecule has 172 valence electrons. The lowest BCUT2D eigenvalue weighted by atomic mass is 9.86.